The summed E-state index contributed by atoms with van der Waals surface area (Å²) in [7, 11) is 0. The summed E-state index contributed by atoms with van der Waals surface area (Å²) in [5.74, 6) is -1.04. The first-order chi connectivity index (χ1) is 13.0. The van der Waals surface area contributed by atoms with Crippen LogP contribution >= 0.6 is 22.9 Å². The Kier molecular flexibility index (Phi) is 6.21. The van der Waals surface area contributed by atoms with Crippen LogP contribution in [0.2, 0.25) is 5.02 Å². The van der Waals surface area contributed by atoms with Crippen molar-refractivity contribution in [3.8, 4) is 10.6 Å². The van der Waals surface area contributed by atoms with Crippen molar-refractivity contribution in [1.29, 1.82) is 0 Å². The van der Waals surface area contributed by atoms with Crippen LogP contribution in [-0.2, 0) is 9.53 Å². The van der Waals surface area contributed by atoms with Gasteiger partial charge < -0.3 is 10.1 Å². The third-order valence-electron chi connectivity index (χ3n) is 3.82. The summed E-state index contributed by atoms with van der Waals surface area (Å²) >= 11 is 7.47. The zero-order chi connectivity index (χ0) is 19.2. The third kappa shape index (κ3) is 4.93. The van der Waals surface area contributed by atoms with E-state index < -0.39 is 11.9 Å². The molecule has 3 aromatic rings. The molecule has 0 aliphatic heterocycles. The van der Waals surface area contributed by atoms with Crippen molar-refractivity contribution in [2.24, 2.45) is 0 Å². The molecule has 1 heterocycles. The van der Waals surface area contributed by atoms with Gasteiger partial charge in [0, 0.05) is 16.0 Å². The van der Waals surface area contributed by atoms with E-state index in [9.17, 15) is 9.59 Å². The van der Waals surface area contributed by atoms with Crippen molar-refractivity contribution in [3.05, 3.63) is 76.3 Å². The van der Waals surface area contributed by atoms with E-state index in [1.165, 1.54) is 11.3 Å². The molecule has 1 amide bonds. The zero-order valence-corrected chi connectivity index (χ0v) is 16.1. The van der Waals surface area contributed by atoms with Gasteiger partial charge >= 0.3 is 5.97 Å². The lowest BCUT2D eigenvalue weighted by atomic mass is 10.1. The number of carbonyl (C=O) groups is 2. The molecule has 0 aliphatic carbocycles. The molecule has 1 N–H and O–H groups in total. The second kappa shape index (κ2) is 8.79. The average molecular weight is 401 g/mol. The summed E-state index contributed by atoms with van der Waals surface area (Å²) in [5.41, 5.74) is 1.91. The van der Waals surface area contributed by atoms with Crippen LogP contribution in [0.1, 0.15) is 29.0 Å². The number of rotatable bonds is 6. The number of thiazole rings is 1. The van der Waals surface area contributed by atoms with E-state index in [0.29, 0.717) is 5.02 Å². The molecule has 0 spiro atoms. The lowest BCUT2D eigenvalue weighted by Crippen LogP contribution is -2.31. The minimum Gasteiger partial charge on any atom is -0.451 e. The number of benzene rings is 2. The molecule has 0 aliphatic rings. The van der Waals surface area contributed by atoms with E-state index in [-0.39, 0.29) is 18.3 Å². The van der Waals surface area contributed by atoms with E-state index >= 15 is 0 Å². The number of hydrogen-bond donors (Lipinski definition) is 1. The number of carbonyl (C=O) groups excluding carboxylic acids is 2. The summed E-state index contributed by atoms with van der Waals surface area (Å²) in [6, 6.07) is 16.5. The second-order valence-corrected chi connectivity index (χ2v) is 7.06. The number of nitrogens with one attached hydrogen (secondary N) is 1. The summed E-state index contributed by atoms with van der Waals surface area (Å²) < 4.78 is 5.07. The molecule has 2 aromatic carbocycles. The molecule has 0 saturated heterocycles. The van der Waals surface area contributed by atoms with Crippen LogP contribution < -0.4 is 5.32 Å². The van der Waals surface area contributed by atoms with Gasteiger partial charge in [-0.25, -0.2) is 9.78 Å². The first-order valence-corrected chi connectivity index (χ1v) is 9.52. The Morgan fingerprint density at radius 1 is 1.15 bits per heavy atom. The number of ether oxygens (including phenoxy) is 1. The molecule has 1 atom stereocenters. The van der Waals surface area contributed by atoms with Gasteiger partial charge in [-0.2, -0.15) is 0 Å². The van der Waals surface area contributed by atoms with Gasteiger partial charge in [-0.05, 0) is 18.6 Å². The topological polar surface area (TPSA) is 68.3 Å². The summed E-state index contributed by atoms with van der Waals surface area (Å²) in [6.07, 6.45) is 0. The predicted molar refractivity (Wildman–Crippen MR) is 106 cm³/mol. The van der Waals surface area contributed by atoms with Crippen LogP contribution in [0.5, 0.6) is 0 Å². The molecule has 0 saturated carbocycles. The number of halogens is 1. The van der Waals surface area contributed by atoms with Gasteiger partial charge in [0.05, 0.1) is 6.04 Å². The van der Waals surface area contributed by atoms with Crippen LogP contribution in [0, 0.1) is 0 Å². The number of amides is 1. The molecule has 0 radical (unpaired) electrons. The van der Waals surface area contributed by atoms with Gasteiger partial charge in [-0.3, -0.25) is 4.79 Å². The molecule has 3 rings (SSSR count). The lowest BCUT2D eigenvalue weighted by molar-refractivity contribution is -0.124. The average Bonchev–Trinajstić information content (AvgIpc) is 3.17. The van der Waals surface area contributed by atoms with Crippen molar-refractivity contribution in [2.45, 2.75) is 13.0 Å². The molecule has 0 unspecified atom stereocenters. The van der Waals surface area contributed by atoms with Gasteiger partial charge in [0.2, 0.25) is 0 Å². The highest BCUT2D eigenvalue weighted by molar-refractivity contribution is 7.13. The van der Waals surface area contributed by atoms with Gasteiger partial charge in [-0.1, -0.05) is 60.1 Å². The van der Waals surface area contributed by atoms with E-state index in [4.69, 9.17) is 16.3 Å². The molecule has 1 aromatic heterocycles. The van der Waals surface area contributed by atoms with Crippen molar-refractivity contribution in [1.82, 2.24) is 10.3 Å². The Morgan fingerprint density at radius 2 is 1.85 bits per heavy atom. The Morgan fingerprint density at radius 3 is 2.59 bits per heavy atom. The first kappa shape index (κ1) is 19.1. The fourth-order valence-electron chi connectivity index (χ4n) is 2.47. The maximum Gasteiger partial charge on any atom is 0.358 e. The number of nitrogens with zero attached hydrogens (tertiary/aromatic N) is 1. The Bertz CT molecular complexity index is 943. The fraction of sp³-hybridized carbons (Fsp3) is 0.150. The molecule has 7 heteroatoms. The normalized spacial score (nSPS) is 11.6. The SMILES string of the molecule is C[C@H](NC(=O)COC(=O)c1csc(-c2ccccc2)n1)c1ccccc1Cl. The van der Waals surface area contributed by atoms with E-state index in [0.717, 1.165) is 16.1 Å². The largest absolute Gasteiger partial charge is 0.451 e. The monoisotopic (exact) mass is 400 g/mol. The highest BCUT2D eigenvalue weighted by Crippen LogP contribution is 2.24. The highest BCUT2D eigenvalue weighted by atomic mass is 35.5. The van der Waals surface area contributed by atoms with Crippen LogP contribution in [0.25, 0.3) is 10.6 Å². The highest BCUT2D eigenvalue weighted by Gasteiger charge is 2.17. The van der Waals surface area contributed by atoms with Crippen molar-refractivity contribution in [3.63, 3.8) is 0 Å². The van der Waals surface area contributed by atoms with Gasteiger partial charge in [0.15, 0.2) is 12.3 Å². The molecule has 0 fully saturated rings. The Labute approximate surface area is 166 Å². The molecular formula is C20H17ClN2O3S. The minimum absolute atomic E-state index is 0.186. The maximum atomic E-state index is 12.1. The van der Waals surface area contributed by atoms with Crippen LogP contribution in [0.3, 0.4) is 0 Å². The van der Waals surface area contributed by atoms with Gasteiger partial charge in [-0.15, -0.1) is 11.3 Å². The third-order valence-corrected chi connectivity index (χ3v) is 5.05. The van der Waals surface area contributed by atoms with Gasteiger partial charge in [0.1, 0.15) is 5.01 Å². The number of aromatic nitrogens is 1. The lowest BCUT2D eigenvalue weighted by Gasteiger charge is -2.15. The molecule has 27 heavy (non-hydrogen) atoms. The predicted octanol–water partition coefficient (Wildman–Crippen LogP) is 4.50. The second-order valence-electron chi connectivity index (χ2n) is 5.79. The summed E-state index contributed by atoms with van der Waals surface area (Å²) in [5, 5.41) is 5.67. The molecule has 5 nitrogen and oxygen atoms in total. The van der Waals surface area contributed by atoms with E-state index in [1.807, 2.05) is 55.5 Å². The standard InChI is InChI=1S/C20H17ClN2O3S/c1-13(15-9-5-6-10-16(15)21)22-18(24)11-26-20(25)17-12-27-19(23-17)14-7-3-2-4-8-14/h2-10,12-13H,11H2,1H3,(H,22,24)/t13-/m0/s1. The van der Waals surface area contributed by atoms with Crippen LogP contribution in [0.4, 0.5) is 0 Å². The number of hydrogen-bond acceptors (Lipinski definition) is 5. The molecule has 138 valence electrons. The smallest absolute Gasteiger partial charge is 0.358 e. The number of esters is 1. The molecular weight excluding hydrogens is 384 g/mol. The maximum absolute atomic E-state index is 12.1. The first-order valence-electron chi connectivity index (χ1n) is 8.26. The molecule has 0 bridgehead atoms. The van der Waals surface area contributed by atoms with Crippen LogP contribution in [-0.4, -0.2) is 23.5 Å². The fourth-order valence-corrected chi connectivity index (χ4v) is 3.57. The van der Waals surface area contributed by atoms with E-state index in [2.05, 4.69) is 10.3 Å². The Balaban J connectivity index is 1.54. The van der Waals surface area contributed by atoms with Crippen molar-refractivity contribution < 1.29 is 14.3 Å². The quantitative estimate of drug-likeness (QED) is 0.618. The summed E-state index contributed by atoms with van der Waals surface area (Å²) in [6.45, 7) is 1.43. The van der Waals surface area contributed by atoms with Crippen molar-refractivity contribution >= 4 is 34.8 Å². The van der Waals surface area contributed by atoms with Gasteiger partial charge in [0.25, 0.3) is 5.91 Å². The minimum atomic E-state index is -0.631. The van der Waals surface area contributed by atoms with Crippen molar-refractivity contribution in [2.75, 3.05) is 6.61 Å². The Hall–Kier alpha value is -2.70. The summed E-state index contributed by atoms with van der Waals surface area (Å²) in [4.78, 5) is 28.4. The zero-order valence-electron chi connectivity index (χ0n) is 14.5. The van der Waals surface area contributed by atoms with Crippen LogP contribution in [0.15, 0.2) is 60.0 Å². The van der Waals surface area contributed by atoms with E-state index in [1.54, 1.807) is 11.4 Å².